The summed E-state index contributed by atoms with van der Waals surface area (Å²) < 4.78 is 1.69. The van der Waals surface area contributed by atoms with Gasteiger partial charge in [0.2, 0.25) is 0 Å². The summed E-state index contributed by atoms with van der Waals surface area (Å²) in [7, 11) is 0. The van der Waals surface area contributed by atoms with Gasteiger partial charge in [0.25, 0.3) is 0 Å². The second-order valence-corrected chi connectivity index (χ2v) is 4.03. The standard InChI is InChI=1S/C10H15N3O3/c14-5-1-2-8-11-9-4-3-7(10(15)16)6-13(9)12-8/h7,14H,1-6H2,(H,15,16). The number of aliphatic hydroxyl groups excluding tert-OH is 1. The van der Waals surface area contributed by atoms with Gasteiger partial charge in [0.15, 0.2) is 5.82 Å². The molecule has 0 radical (unpaired) electrons. The molecule has 0 aromatic carbocycles. The Morgan fingerprint density at radius 3 is 3.06 bits per heavy atom. The lowest BCUT2D eigenvalue weighted by Crippen LogP contribution is -2.27. The second-order valence-electron chi connectivity index (χ2n) is 4.03. The van der Waals surface area contributed by atoms with Gasteiger partial charge in [0.1, 0.15) is 5.82 Å². The summed E-state index contributed by atoms with van der Waals surface area (Å²) in [5.74, 6) is 0.457. The Morgan fingerprint density at radius 2 is 2.38 bits per heavy atom. The van der Waals surface area contributed by atoms with Gasteiger partial charge >= 0.3 is 5.97 Å². The Hall–Kier alpha value is -1.43. The number of aryl methyl sites for hydroxylation is 2. The van der Waals surface area contributed by atoms with Crippen molar-refractivity contribution in [2.24, 2.45) is 5.92 Å². The summed E-state index contributed by atoms with van der Waals surface area (Å²) in [4.78, 5) is 15.2. The van der Waals surface area contributed by atoms with Gasteiger partial charge in [-0.1, -0.05) is 0 Å². The predicted molar refractivity (Wildman–Crippen MR) is 54.9 cm³/mol. The van der Waals surface area contributed by atoms with Gasteiger partial charge in [-0.05, 0) is 12.8 Å². The first kappa shape index (κ1) is 11.1. The van der Waals surface area contributed by atoms with E-state index in [1.54, 1.807) is 4.68 Å². The highest BCUT2D eigenvalue weighted by molar-refractivity contribution is 5.70. The smallest absolute Gasteiger partial charge is 0.308 e. The SMILES string of the molecule is O=C(O)C1CCc2nc(CCCO)nn2C1. The van der Waals surface area contributed by atoms with Crippen molar-refractivity contribution in [1.29, 1.82) is 0 Å². The number of aliphatic carboxylic acids is 1. The van der Waals surface area contributed by atoms with E-state index in [-0.39, 0.29) is 12.5 Å². The van der Waals surface area contributed by atoms with Crippen LogP contribution in [0.15, 0.2) is 0 Å². The molecule has 16 heavy (non-hydrogen) atoms. The van der Waals surface area contributed by atoms with Gasteiger partial charge in [0.05, 0.1) is 12.5 Å². The molecule has 0 saturated carbocycles. The Bertz CT molecular complexity index is 389. The summed E-state index contributed by atoms with van der Waals surface area (Å²) in [5.41, 5.74) is 0. The van der Waals surface area contributed by atoms with Gasteiger partial charge in [-0.3, -0.25) is 4.79 Å². The van der Waals surface area contributed by atoms with Gasteiger partial charge < -0.3 is 10.2 Å². The van der Waals surface area contributed by atoms with Crippen molar-refractivity contribution < 1.29 is 15.0 Å². The lowest BCUT2D eigenvalue weighted by Gasteiger charge is -2.18. The molecule has 1 aromatic rings. The largest absolute Gasteiger partial charge is 0.481 e. The summed E-state index contributed by atoms with van der Waals surface area (Å²) in [6.45, 7) is 0.540. The van der Waals surface area contributed by atoms with Crippen LogP contribution in [-0.4, -0.2) is 37.6 Å². The molecule has 2 rings (SSSR count). The third-order valence-electron chi connectivity index (χ3n) is 2.81. The van der Waals surface area contributed by atoms with Crippen LogP contribution < -0.4 is 0 Å². The fourth-order valence-corrected chi connectivity index (χ4v) is 1.91. The average Bonchev–Trinajstić information content (AvgIpc) is 2.67. The average molecular weight is 225 g/mol. The third-order valence-corrected chi connectivity index (χ3v) is 2.81. The molecule has 6 heteroatoms. The molecule has 0 bridgehead atoms. The van der Waals surface area contributed by atoms with Crippen LogP contribution >= 0.6 is 0 Å². The zero-order valence-electron chi connectivity index (χ0n) is 8.96. The Labute approximate surface area is 92.9 Å². The number of aromatic nitrogens is 3. The zero-order valence-corrected chi connectivity index (χ0v) is 8.96. The Balaban J connectivity index is 2.07. The molecule has 0 spiro atoms. The van der Waals surface area contributed by atoms with Crippen LogP contribution in [0.4, 0.5) is 0 Å². The minimum Gasteiger partial charge on any atom is -0.481 e. The van der Waals surface area contributed by atoms with Gasteiger partial charge in [-0.2, -0.15) is 5.10 Å². The van der Waals surface area contributed by atoms with Crippen molar-refractivity contribution in [3.63, 3.8) is 0 Å². The molecular weight excluding hydrogens is 210 g/mol. The summed E-state index contributed by atoms with van der Waals surface area (Å²) >= 11 is 0. The monoisotopic (exact) mass is 225 g/mol. The molecule has 88 valence electrons. The van der Waals surface area contributed by atoms with Crippen LogP contribution in [-0.2, 0) is 24.2 Å². The maximum Gasteiger partial charge on any atom is 0.308 e. The number of fused-ring (bicyclic) bond motifs is 1. The van der Waals surface area contributed by atoms with E-state index >= 15 is 0 Å². The number of hydrogen-bond acceptors (Lipinski definition) is 4. The lowest BCUT2D eigenvalue weighted by molar-refractivity contribution is -0.142. The number of carbonyl (C=O) groups is 1. The molecule has 1 unspecified atom stereocenters. The third kappa shape index (κ3) is 2.21. The molecule has 1 aliphatic heterocycles. The van der Waals surface area contributed by atoms with Crippen molar-refractivity contribution in [3.8, 4) is 0 Å². The van der Waals surface area contributed by atoms with E-state index in [1.165, 1.54) is 0 Å². The summed E-state index contributed by atoms with van der Waals surface area (Å²) in [6.07, 6.45) is 2.59. The molecule has 0 aliphatic carbocycles. The van der Waals surface area contributed by atoms with Crippen LogP contribution in [0.5, 0.6) is 0 Å². The first-order valence-corrected chi connectivity index (χ1v) is 5.47. The Morgan fingerprint density at radius 1 is 1.56 bits per heavy atom. The fraction of sp³-hybridized carbons (Fsp3) is 0.700. The number of rotatable bonds is 4. The summed E-state index contributed by atoms with van der Waals surface area (Å²) in [5, 5.41) is 21.9. The maximum absolute atomic E-state index is 10.8. The van der Waals surface area contributed by atoms with E-state index in [0.717, 1.165) is 5.82 Å². The van der Waals surface area contributed by atoms with E-state index in [0.29, 0.717) is 38.1 Å². The Kier molecular flexibility index (Phi) is 3.19. The van der Waals surface area contributed by atoms with E-state index in [4.69, 9.17) is 10.2 Å². The molecule has 2 N–H and O–H groups in total. The van der Waals surface area contributed by atoms with Gasteiger partial charge in [-0.25, -0.2) is 9.67 Å². The van der Waals surface area contributed by atoms with E-state index in [9.17, 15) is 4.79 Å². The number of carboxylic acids is 1. The normalized spacial score (nSPS) is 19.4. The zero-order chi connectivity index (χ0) is 11.5. The lowest BCUT2D eigenvalue weighted by atomic mass is 10.0. The van der Waals surface area contributed by atoms with Crippen molar-refractivity contribution in [2.75, 3.05) is 6.61 Å². The fourth-order valence-electron chi connectivity index (χ4n) is 1.91. The number of hydrogen-bond donors (Lipinski definition) is 2. The first-order valence-electron chi connectivity index (χ1n) is 5.47. The van der Waals surface area contributed by atoms with Crippen molar-refractivity contribution in [2.45, 2.75) is 32.2 Å². The van der Waals surface area contributed by atoms with E-state index < -0.39 is 5.97 Å². The van der Waals surface area contributed by atoms with Crippen molar-refractivity contribution in [1.82, 2.24) is 14.8 Å². The number of aliphatic hydroxyl groups is 1. The molecule has 0 fully saturated rings. The van der Waals surface area contributed by atoms with Crippen LogP contribution in [0.1, 0.15) is 24.5 Å². The maximum atomic E-state index is 10.8. The molecule has 1 aromatic heterocycles. The predicted octanol–water partition coefficient (Wildman–Crippen LogP) is -0.150. The minimum absolute atomic E-state index is 0.127. The van der Waals surface area contributed by atoms with Crippen LogP contribution in [0, 0.1) is 5.92 Å². The van der Waals surface area contributed by atoms with Gasteiger partial charge in [-0.15, -0.1) is 0 Å². The molecule has 2 heterocycles. The number of carboxylic acid groups (broad SMARTS) is 1. The van der Waals surface area contributed by atoms with Crippen LogP contribution in [0.2, 0.25) is 0 Å². The molecule has 0 amide bonds. The highest BCUT2D eigenvalue weighted by Gasteiger charge is 2.26. The molecule has 0 saturated heterocycles. The highest BCUT2D eigenvalue weighted by atomic mass is 16.4. The van der Waals surface area contributed by atoms with E-state index in [1.807, 2.05) is 0 Å². The van der Waals surface area contributed by atoms with Gasteiger partial charge in [0, 0.05) is 19.4 Å². The molecule has 1 aliphatic rings. The highest BCUT2D eigenvalue weighted by Crippen LogP contribution is 2.18. The summed E-state index contributed by atoms with van der Waals surface area (Å²) in [6, 6.07) is 0. The molecular formula is C10H15N3O3. The van der Waals surface area contributed by atoms with E-state index in [2.05, 4.69) is 10.1 Å². The molecule has 1 atom stereocenters. The van der Waals surface area contributed by atoms with Crippen molar-refractivity contribution >= 4 is 5.97 Å². The minimum atomic E-state index is -0.766. The van der Waals surface area contributed by atoms with Crippen LogP contribution in [0.3, 0.4) is 0 Å². The number of nitrogens with zero attached hydrogens (tertiary/aromatic N) is 3. The van der Waals surface area contributed by atoms with Crippen molar-refractivity contribution in [3.05, 3.63) is 11.6 Å². The van der Waals surface area contributed by atoms with Crippen LogP contribution in [0.25, 0.3) is 0 Å². The first-order chi connectivity index (χ1) is 7.70. The molecule has 6 nitrogen and oxygen atoms in total. The quantitative estimate of drug-likeness (QED) is 0.744. The topological polar surface area (TPSA) is 88.2 Å². The second kappa shape index (κ2) is 4.61.